The minimum atomic E-state index is -3.37. The number of nitrogens with zero attached hydrogens (tertiary/aromatic N) is 1. The molecule has 1 amide bonds. The van der Waals surface area contributed by atoms with Crippen LogP contribution in [0.3, 0.4) is 0 Å². The van der Waals surface area contributed by atoms with Crippen molar-refractivity contribution in [2.45, 2.75) is 44.9 Å². The molecule has 1 N–H and O–H groups in total. The van der Waals surface area contributed by atoms with Gasteiger partial charge in [-0.15, -0.1) is 0 Å². The number of carbonyl (C=O) groups is 1. The van der Waals surface area contributed by atoms with Crippen LogP contribution in [-0.4, -0.2) is 31.7 Å². The van der Waals surface area contributed by atoms with Gasteiger partial charge in [0, 0.05) is 19.0 Å². The molecule has 0 radical (unpaired) electrons. The Morgan fingerprint density at radius 2 is 1.57 bits per heavy atom. The monoisotopic (exact) mass is 428 g/mol. The Hall–Kier alpha value is -2.18. The van der Waals surface area contributed by atoms with Gasteiger partial charge in [-0.3, -0.25) is 4.79 Å². The van der Waals surface area contributed by atoms with Gasteiger partial charge in [-0.25, -0.2) is 12.7 Å². The van der Waals surface area contributed by atoms with Crippen LogP contribution < -0.4 is 5.32 Å². The van der Waals surface area contributed by atoms with Gasteiger partial charge in [0.2, 0.25) is 15.9 Å². The summed E-state index contributed by atoms with van der Waals surface area (Å²) in [5, 5.41) is 3.22. The fourth-order valence-electron chi connectivity index (χ4n) is 4.00. The van der Waals surface area contributed by atoms with E-state index in [0.29, 0.717) is 31.8 Å². The zero-order chi connectivity index (χ0) is 21.6. The second kappa shape index (κ2) is 10.2. The van der Waals surface area contributed by atoms with E-state index in [1.807, 2.05) is 60.7 Å². The summed E-state index contributed by atoms with van der Waals surface area (Å²) in [7, 11) is -3.37. The molecule has 1 heterocycles. The van der Waals surface area contributed by atoms with Crippen molar-refractivity contribution in [3.8, 4) is 0 Å². The normalized spacial score (nSPS) is 17.0. The molecule has 3 rings (SSSR count). The minimum absolute atomic E-state index is 0.00910. The van der Waals surface area contributed by atoms with Crippen molar-refractivity contribution in [1.29, 1.82) is 0 Å². The van der Waals surface area contributed by atoms with E-state index in [4.69, 9.17) is 0 Å². The molecule has 0 unspecified atom stereocenters. The molecular weight excluding hydrogens is 396 g/mol. The average molecular weight is 429 g/mol. The lowest BCUT2D eigenvalue weighted by atomic mass is 9.93. The zero-order valence-corrected chi connectivity index (χ0v) is 18.6. The standard InChI is InChI=1S/C24H32N2O3S/c1-19(2)17-23(21-11-7-4-8-12-21)25-24(27)22-13-15-26(16-14-22)30(28,29)18-20-9-5-3-6-10-20/h3-12,19,22-23H,13-18H2,1-2H3,(H,25,27)/t23-/m0/s1. The third-order valence-corrected chi connectivity index (χ3v) is 7.49. The van der Waals surface area contributed by atoms with Crippen LogP contribution in [0, 0.1) is 11.8 Å². The first kappa shape index (κ1) is 22.5. The third kappa shape index (κ3) is 6.16. The highest BCUT2D eigenvalue weighted by molar-refractivity contribution is 7.88. The van der Waals surface area contributed by atoms with Gasteiger partial charge in [0.25, 0.3) is 0 Å². The number of hydrogen-bond donors (Lipinski definition) is 1. The molecule has 2 aromatic carbocycles. The molecule has 0 saturated carbocycles. The summed E-state index contributed by atoms with van der Waals surface area (Å²) in [6, 6.07) is 19.3. The molecule has 0 aliphatic carbocycles. The van der Waals surface area contributed by atoms with Gasteiger partial charge in [0.1, 0.15) is 0 Å². The van der Waals surface area contributed by atoms with Crippen molar-refractivity contribution in [3.05, 3.63) is 71.8 Å². The van der Waals surface area contributed by atoms with Gasteiger partial charge in [-0.1, -0.05) is 74.5 Å². The van der Waals surface area contributed by atoms with Gasteiger partial charge in [0.15, 0.2) is 0 Å². The Bertz CT molecular complexity index is 906. The van der Waals surface area contributed by atoms with Gasteiger partial charge in [-0.05, 0) is 36.3 Å². The lowest BCUT2D eigenvalue weighted by Gasteiger charge is -2.32. The number of sulfonamides is 1. The summed E-state index contributed by atoms with van der Waals surface area (Å²) in [4.78, 5) is 12.9. The van der Waals surface area contributed by atoms with Crippen LogP contribution in [0.5, 0.6) is 0 Å². The molecule has 0 spiro atoms. The highest BCUT2D eigenvalue weighted by Gasteiger charge is 2.32. The van der Waals surface area contributed by atoms with Crippen LogP contribution in [0.4, 0.5) is 0 Å². The number of rotatable bonds is 8. The maximum atomic E-state index is 12.9. The van der Waals surface area contributed by atoms with Crippen molar-refractivity contribution in [2.24, 2.45) is 11.8 Å². The quantitative estimate of drug-likeness (QED) is 0.687. The highest BCUT2D eigenvalue weighted by atomic mass is 32.2. The Kier molecular flexibility index (Phi) is 7.67. The second-order valence-electron chi connectivity index (χ2n) is 8.52. The van der Waals surface area contributed by atoms with Crippen molar-refractivity contribution in [3.63, 3.8) is 0 Å². The van der Waals surface area contributed by atoms with Crippen molar-refractivity contribution in [2.75, 3.05) is 13.1 Å². The fraction of sp³-hybridized carbons (Fsp3) is 0.458. The van der Waals surface area contributed by atoms with Gasteiger partial charge in [0.05, 0.1) is 11.8 Å². The molecule has 0 aromatic heterocycles. The van der Waals surface area contributed by atoms with E-state index in [2.05, 4.69) is 19.2 Å². The first-order valence-corrected chi connectivity index (χ1v) is 12.3. The molecule has 30 heavy (non-hydrogen) atoms. The van der Waals surface area contributed by atoms with Gasteiger partial charge < -0.3 is 5.32 Å². The van der Waals surface area contributed by atoms with E-state index in [-0.39, 0.29) is 23.6 Å². The van der Waals surface area contributed by atoms with E-state index in [1.54, 1.807) is 0 Å². The highest BCUT2D eigenvalue weighted by Crippen LogP contribution is 2.25. The van der Waals surface area contributed by atoms with Crippen LogP contribution in [0.15, 0.2) is 60.7 Å². The molecular formula is C24H32N2O3S. The summed E-state index contributed by atoms with van der Waals surface area (Å²) in [5.74, 6) is 0.353. The molecule has 1 aliphatic rings. The molecule has 1 fully saturated rings. The molecule has 6 heteroatoms. The average Bonchev–Trinajstić information content (AvgIpc) is 2.74. The molecule has 1 saturated heterocycles. The number of hydrogen-bond acceptors (Lipinski definition) is 3. The zero-order valence-electron chi connectivity index (χ0n) is 17.8. The van der Waals surface area contributed by atoms with Crippen molar-refractivity contribution in [1.82, 2.24) is 9.62 Å². The third-order valence-electron chi connectivity index (χ3n) is 5.64. The summed E-state index contributed by atoms with van der Waals surface area (Å²) in [5.41, 5.74) is 1.90. The topological polar surface area (TPSA) is 66.5 Å². The summed E-state index contributed by atoms with van der Waals surface area (Å²) >= 11 is 0. The minimum Gasteiger partial charge on any atom is -0.349 e. The predicted molar refractivity (Wildman–Crippen MR) is 120 cm³/mol. The first-order valence-electron chi connectivity index (χ1n) is 10.7. The van der Waals surface area contributed by atoms with E-state index < -0.39 is 10.0 Å². The number of carbonyl (C=O) groups excluding carboxylic acids is 1. The molecule has 162 valence electrons. The Morgan fingerprint density at radius 1 is 1.00 bits per heavy atom. The predicted octanol–water partition coefficient (Wildman–Crippen LogP) is 4.13. The molecule has 1 aliphatic heterocycles. The van der Waals surface area contributed by atoms with E-state index >= 15 is 0 Å². The summed E-state index contributed by atoms with van der Waals surface area (Å²) < 4.78 is 27.0. The lowest BCUT2D eigenvalue weighted by molar-refractivity contribution is -0.127. The number of nitrogens with one attached hydrogen (secondary N) is 1. The smallest absolute Gasteiger partial charge is 0.223 e. The van der Waals surface area contributed by atoms with Crippen LogP contribution >= 0.6 is 0 Å². The lowest BCUT2D eigenvalue weighted by Crippen LogP contribution is -2.44. The van der Waals surface area contributed by atoms with E-state index in [0.717, 1.165) is 17.5 Å². The van der Waals surface area contributed by atoms with Crippen molar-refractivity contribution < 1.29 is 13.2 Å². The van der Waals surface area contributed by atoms with Crippen molar-refractivity contribution >= 4 is 15.9 Å². The van der Waals surface area contributed by atoms with Crippen LogP contribution in [0.25, 0.3) is 0 Å². The Labute approximate surface area is 180 Å². The maximum Gasteiger partial charge on any atom is 0.223 e. The largest absolute Gasteiger partial charge is 0.349 e. The molecule has 1 atom stereocenters. The molecule has 0 bridgehead atoms. The van der Waals surface area contributed by atoms with E-state index in [9.17, 15) is 13.2 Å². The number of piperidine rings is 1. The van der Waals surface area contributed by atoms with E-state index in [1.165, 1.54) is 4.31 Å². The first-order chi connectivity index (χ1) is 14.3. The Morgan fingerprint density at radius 3 is 2.13 bits per heavy atom. The number of amides is 1. The van der Waals surface area contributed by atoms with Gasteiger partial charge in [-0.2, -0.15) is 0 Å². The van der Waals surface area contributed by atoms with Gasteiger partial charge >= 0.3 is 0 Å². The van der Waals surface area contributed by atoms with Crippen LogP contribution in [0.2, 0.25) is 0 Å². The summed E-state index contributed by atoms with van der Waals surface area (Å²) in [6.07, 6.45) is 1.99. The Balaban J connectivity index is 1.57. The maximum absolute atomic E-state index is 12.9. The summed E-state index contributed by atoms with van der Waals surface area (Å²) in [6.45, 7) is 5.09. The molecule has 2 aromatic rings. The SMILES string of the molecule is CC(C)C[C@H](NC(=O)C1CCN(S(=O)(=O)Cc2ccccc2)CC1)c1ccccc1. The number of benzene rings is 2. The van der Waals surface area contributed by atoms with Crippen LogP contribution in [-0.2, 0) is 20.6 Å². The second-order valence-corrected chi connectivity index (χ2v) is 10.5. The fourth-order valence-corrected chi connectivity index (χ4v) is 5.56. The van der Waals surface area contributed by atoms with Crippen LogP contribution in [0.1, 0.15) is 50.3 Å². The molecule has 5 nitrogen and oxygen atoms in total.